The van der Waals surface area contributed by atoms with Gasteiger partial charge in [0, 0.05) is 44.5 Å². The summed E-state index contributed by atoms with van der Waals surface area (Å²) < 4.78 is 37.5. The summed E-state index contributed by atoms with van der Waals surface area (Å²) in [5.74, 6) is 0.219. The molecular weight excluding hydrogens is 513 g/mol. The maximum atomic E-state index is 12.5. The maximum Gasteiger partial charge on any atom is 0.397 e. The predicted octanol–water partition coefficient (Wildman–Crippen LogP) is 3.81. The lowest BCUT2D eigenvalue weighted by molar-refractivity contribution is -0.162. The predicted molar refractivity (Wildman–Crippen MR) is 138 cm³/mol. The van der Waals surface area contributed by atoms with Gasteiger partial charge in [0.25, 0.3) is 0 Å². The number of hydrogen-bond acceptors (Lipinski definition) is 8. The molecule has 0 saturated carbocycles. The minimum Gasteiger partial charge on any atom is -0.387 e. The van der Waals surface area contributed by atoms with Crippen LogP contribution in [0.15, 0.2) is 48.9 Å². The Labute approximate surface area is 221 Å². The summed E-state index contributed by atoms with van der Waals surface area (Å²) in [5, 5.41) is 13.0. The van der Waals surface area contributed by atoms with Crippen LogP contribution in [0.4, 0.5) is 24.9 Å². The van der Waals surface area contributed by atoms with E-state index in [1.54, 1.807) is 19.2 Å². The number of aromatic amines is 1. The van der Waals surface area contributed by atoms with Gasteiger partial charge in [-0.15, -0.1) is 0 Å². The fraction of sp³-hybridized carbons (Fsp3) is 0.346. The van der Waals surface area contributed by atoms with E-state index in [0.29, 0.717) is 42.8 Å². The summed E-state index contributed by atoms with van der Waals surface area (Å²) in [7, 11) is 0. The van der Waals surface area contributed by atoms with Gasteiger partial charge in [-0.3, -0.25) is 9.69 Å². The van der Waals surface area contributed by atoms with Gasteiger partial charge in [-0.1, -0.05) is 6.07 Å². The Balaban J connectivity index is 1.22. The molecule has 1 amide bonds. The van der Waals surface area contributed by atoms with Gasteiger partial charge in [-0.05, 0) is 42.8 Å². The average Bonchev–Trinajstić information content (AvgIpc) is 3.30. The number of aliphatic hydroxyl groups excluding tert-OH is 1. The third-order valence-electron chi connectivity index (χ3n) is 6.45. The Morgan fingerprint density at radius 1 is 1.10 bits per heavy atom. The molecule has 4 heterocycles. The molecule has 39 heavy (non-hydrogen) atoms. The number of amides is 1. The number of aliphatic hydroxyl groups is 1. The molecule has 1 aromatic carbocycles. The van der Waals surface area contributed by atoms with Gasteiger partial charge in [0.05, 0.1) is 28.5 Å². The lowest BCUT2D eigenvalue weighted by Gasteiger charge is -2.35. The van der Waals surface area contributed by atoms with Gasteiger partial charge in [0.1, 0.15) is 18.6 Å². The fourth-order valence-corrected chi connectivity index (χ4v) is 4.45. The van der Waals surface area contributed by atoms with Crippen LogP contribution < -0.4 is 5.32 Å². The smallest absolute Gasteiger partial charge is 0.387 e. The Bertz CT molecular complexity index is 1470. The molecule has 1 atom stereocenters. The summed E-state index contributed by atoms with van der Waals surface area (Å²) in [6.45, 7) is 3.74. The van der Waals surface area contributed by atoms with Crippen molar-refractivity contribution in [1.82, 2.24) is 34.7 Å². The van der Waals surface area contributed by atoms with Crippen molar-refractivity contribution < 1.29 is 23.1 Å². The van der Waals surface area contributed by atoms with Gasteiger partial charge in [0.2, 0.25) is 11.9 Å². The molecule has 0 radical (unpaired) electrons. The summed E-state index contributed by atoms with van der Waals surface area (Å²) in [4.78, 5) is 35.8. The molecule has 3 aromatic heterocycles. The second kappa shape index (κ2) is 10.9. The van der Waals surface area contributed by atoms with Crippen LogP contribution in [-0.2, 0) is 11.3 Å². The van der Waals surface area contributed by atoms with Crippen LogP contribution in [-0.4, -0.2) is 78.1 Å². The van der Waals surface area contributed by atoms with Gasteiger partial charge in [-0.25, -0.2) is 19.9 Å². The number of halogens is 3. The van der Waals surface area contributed by atoms with E-state index >= 15 is 0 Å². The van der Waals surface area contributed by atoms with E-state index in [-0.39, 0.29) is 13.1 Å². The number of H-pyrrole nitrogens is 1. The Morgan fingerprint density at radius 2 is 1.90 bits per heavy atom. The number of piperazine rings is 1. The highest BCUT2D eigenvalue weighted by molar-refractivity contribution is 5.83. The van der Waals surface area contributed by atoms with Gasteiger partial charge >= 0.3 is 6.18 Å². The zero-order valence-corrected chi connectivity index (χ0v) is 21.1. The molecule has 1 aliphatic rings. The number of carbonyl (C=O) groups excluding carboxylic acids is 1. The summed E-state index contributed by atoms with van der Waals surface area (Å²) in [5.41, 5.74) is 4.59. The molecule has 1 unspecified atom stereocenters. The topological polar surface area (TPSA) is 123 Å². The second-order valence-corrected chi connectivity index (χ2v) is 9.44. The minimum absolute atomic E-state index is 0.265. The van der Waals surface area contributed by atoms with Crippen LogP contribution in [0.1, 0.15) is 30.7 Å². The molecule has 1 aliphatic heterocycles. The number of alkyl halides is 3. The van der Waals surface area contributed by atoms with Crippen LogP contribution >= 0.6 is 0 Å². The number of aromatic nitrogens is 5. The van der Waals surface area contributed by atoms with Crippen LogP contribution in [0.2, 0.25) is 0 Å². The van der Waals surface area contributed by atoms with Gasteiger partial charge in [-0.2, -0.15) is 13.2 Å². The number of hydrogen-bond donors (Lipinski definition) is 3. The van der Waals surface area contributed by atoms with Crippen molar-refractivity contribution in [2.75, 3.05) is 31.5 Å². The summed E-state index contributed by atoms with van der Waals surface area (Å²) in [6, 6.07) is 11.2. The number of nitrogens with zero attached hydrogens (tertiary/aromatic N) is 6. The largest absolute Gasteiger partial charge is 0.397 e. The second-order valence-electron chi connectivity index (χ2n) is 9.44. The number of nitrogens with one attached hydrogen (secondary N) is 2. The first-order valence-corrected chi connectivity index (χ1v) is 12.4. The fourth-order valence-electron chi connectivity index (χ4n) is 4.45. The number of benzene rings is 1. The zero-order valence-electron chi connectivity index (χ0n) is 21.1. The van der Waals surface area contributed by atoms with E-state index in [1.807, 2.05) is 30.3 Å². The molecule has 0 spiro atoms. The van der Waals surface area contributed by atoms with E-state index in [4.69, 9.17) is 0 Å². The number of rotatable bonds is 7. The highest BCUT2D eigenvalue weighted by Gasteiger charge is 2.34. The quantitative estimate of drug-likeness (QED) is 0.324. The molecule has 1 fully saturated rings. The zero-order chi connectivity index (χ0) is 27.6. The van der Waals surface area contributed by atoms with Crippen LogP contribution in [0.3, 0.4) is 0 Å². The van der Waals surface area contributed by atoms with Crippen molar-refractivity contribution in [1.29, 1.82) is 0 Å². The van der Waals surface area contributed by atoms with Crippen molar-refractivity contribution in [3.8, 4) is 11.3 Å². The number of fused-ring (bicyclic) bond motifs is 1. The lowest BCUT2D eigenvalue weighted by atomic mass is 10.1. The van der Waals surface area contributed by atoms with Gasteiger partial charge < -0.3 is 20.3 Å². The number of anilines is 2. The first-order valence-electron chi connectivity index (χ1n) is 12.4. The Hall–Kier alpha value is -4.10. The summed E-state index contributed by atoms with van der Waals surface area (Å²) >= 11 is 0. The van der Waals surface area contributed by atoms with Crippen LogP contribution in [0.25, 0.3) is 22.3 Å². The first kappa shape index (κ1) is 26.5. The van der Waals surface area contributed by atoms with E-state index in [2.05, 4.69) is 35.1 Å². The van der Waals surface area contributed by atoms with E-state index < -0.39 is 24.6 Å². The third-order valence-corrected chi connectivity index (χ3v) is 6.45. The number of pyridine rings is 1. The Morgan fingerprint density at radius 3 is 2.64 bits per heavy atom. The molecule has 1 saturated heterocycles. The highest BCUT2D eigenvalue weighted by atomic mass is 19.4. The summed E-state index contributed by atoms with van der Waals surface area (Å²) in [6.07, 6.45) is -3.50. The molecule has 5 rings (SSSR count). The lowest BCUT2D eigenvalue weighted by Crippen LogP contribution is -2.49. The molecule has 204 valence electrons. The normalized spacial score (nSPS) is 15.5. The molecular formula is C26H27F3N8O2. The Kier molecular flexibility index (Phi) is 7.44. The van der Waals surface area contributed by atoms with E-state index in [9.17, 15) is 23.1 Å². The number of carbonyl (C=O) groups is 1. The molecule has 0 aliphatic carbocycles. The first-order chi connectivity index (χ1) is 18.6. The molecule has 0 bridgehead atoms. The average molecular weight is 541 g/mol. The minimum atomic E-state index is -4.49. The van der Waals surface area contributed by atoms with Crippen molar-refractivity contribution in [2.45, 2.75) is 32.2 Å². The van der Waals surface area contributed by atoms with Crippen molar-refractivity contribution in [3.05, 3.63) is 60.2 Å². The van der Waals surface area contributed by atoms with E-state index in [0.717, 1.165) is 22.2 Å². The molecule has 4 aromatic rings. The van der Waals surface area contributed by atoms with Crippen molar-refractivity contribution in [2.24, 2.45) is 0 Å². The monoisotopic (exact) mass is 540 g/mol. The SMILES string of the molecule is CC(O)c1cc(-c2ccc3nc(Nc4cc(CN5CCN(C(=O)CC(F)(F)F)CC5)ccn4)[nH]c3c2)ncn1. The van der Waals surface area contributed by atoms with E-state index in [1.165, 1.54) is 11.2 Å². The molecule has 3 N–H and O–H groups in total. The highest BCUT2D eigenvalue weighted by Crippen LogP contribution is 2.25. The van der Waals surface area contributed by atoms with Crippen LogP contribution in [0.5, 0.6) is 0 Å². The molecule has 13 heteroatoms. The van der Waals surface area contributed by atoms with Crippen LogP contribution in [0, 0.1) is 0 Å². The standard InChI is InChI=1S/C26H27F3N8O2/c1-16(38)20-12-21(32-15-31-20)18-2-3-19-22(11-18)34-25(33-19)35-23-10-17(4-5-30-23)14-36-6-8-37(9-7-36)24(39)13-26(27,28)29/h2-5,10-12,15-16,38H,6-9,13-14H2,1H3,(H2,30,33,34,35). The number of imidazole rings is 1. The van der Waals surface area contributed by atoms with Crippen molar-refractivity contribution in [3.63, 3.8) is 0 Å². The molecule has 10 nitrogen and oxygen atoms in total. The third kappa shape index (κ3) is 6.67. The van der Waals surface area contributed by atoms with Gasteiger partial charge in [0.15, 0.2) is 0 Å². The van der Waals surface area contributed by atoms with Crippen molar-refractivity contribution >= 4 is 28.7 Å². The maximum absolute atomic E-state index is 12.5.